The Morgan fingerprint density at radius 1 is 1.56 bits per heavy atom. The van der Waals surface area contributed by atoms with Gasteiger partial charge in [-0.2, -0.15) is 12.6 Å². The highest BCUT2D eigenvalue weighted by Gasteiger charge is 1.87. The molecule has 0 amide bonds. The second-order valence-electron chi connectivity index (χ2n) is 1.71. The number of pyridine rings is 1. The van der Waals surface area contributed by atoms with E-state index in [9.17, 15) is 0 Å². The van der Waals surface area contributed by atoms with Crippen LogP contribution in [0.4, 0.5) is 0 Å². The van der Waals surface area contributed by atoms with Gasteiger partial charge in [-0.15, -0.1) is 0 Å². The molecule has 0 aliphatic carbocycles. The highest BCUT2D eigenvalue weighted by Crippen LogP contribution is 1.97. The summed E-state index contributed by atoms with van der Waals surface area (Å²) in [4.78, 5) is 4.09. The standard InChI is InChI=1S/C7H8NS/c9-6-4-7-3-1-2-5-8-7/h1-3,5-6,9H,4H2. The normalized spacial score (nSPS) is 9.44. The van der Waals surface area contributed by atoms with Crippen LogP contribution in [-0.2, 0) is 6.42 Å². The van der Waals surface area contributed by atoms with E-state index in [2.05, 4.69) is 17.6 Å². The third kappa shape index (κ3) is 2.06. The van der Waals surface area contributed by atoms with E-state index >= 15 is 0 Å². The van der Waals surface area contributed by atoms with E-state index in [4.69, 9.17) is 0 Å². The van der Waals surface area contributed by atoms with Gasteiger partial charge in [-0.1, -0.05) is 6.07 Å². The van der Waals surface area contributed by atoms with Crippen molar-refractivity contribution in [1.29, 1.82) is 0 Å². The zero-order valence-electron chi connectivity index (χ0n) is 4.99. The summed E-state index contributed by atoms with van der Waals surface area (Å²) >= 11 is 3.97. The second kappa shape index (κ2) is 3.51. The van der Waals surface area contributed by atoms with Crippen molar-refractivity contribution in [2.45, 2.75) is 6.42 Å². The molecule has 0 aromatic carbocycles. The van der Waals surface area contributed by atoms with Crippen LogP contribution in [0.25, 0.3) is 0 Å². The number of hydrogen-bond acceptors (Lipinski definition) is 2. The minimum Gasteiger partial charge on any atom is -0.261 e. The molecule has 0 saturated heterocycles. The van der Waals surface area contributed by atoms with E-state index in [1.165, 1.54) is 0 Å². The van der Waals surface area contributed by atoms with Crippen LogP contribution in [0.3, 0.4) is 0 Å². The zero-order chi connectivity index (χ0) is 6.53. The minimum absolute atomic E-state index is 0.837. The van der Waals surface area contributed by atoms with Gasteiger partial charge in [0.15, 0.2) is 0 Å². The van der Waals surface area contributed by atoms with Crippen molar-refractivity contribution in [2.75, 3.05) is 0 Å². The van der Waals surface area contributed by atoms with Gasteiger partial charge in [0.05, 0.1) is 0 Å². The molecular formula is C7H8NS. The Kier molecular flexibility index (Phi) is 2.58. The molecule has 9 heavy (non-hydrogen) atoms. The van der Waals surface area contributed by atoms with Crippen LogP contribution < -0.4 is 0 Å². The summed E-state index contributed by atoms with van der Waals surface area (Å²) in [7, 11) is 0. The molecule has 0 aliphatic rings. The fraction of sp³-hybridized carbons (Fsp3) is 0.143. The monoisotopic (exact) mass is 138 g/mol. The van der Waals surface area contributed by atoms with E-state index in [0.717, 1.165) is 12.1 Å². The smallest absolute Gasteiger partial charge is 0.0414 e. The molecule has 1 rings (SSSR count). The van der Waals surface area contributed by atoms with Crippen molar-refractivity contribution in [3.63, 3.8) is 0 Å². The van der Waals surface area contributed by atoms with Crippen LogP contribution in [0.1, 0.15) is 5.69 Å². The molecule has 0 N–H and O–H groups in total. The average Bonchev–Trinajstić information content (AvgIpc) is 1.91. The van der Waals surface area contributed by atoms with Gasteiger partial charge < -0.3 is 0 Å². The van der Waals surface area contributed by atoms with Gasteiger partial charge >= 0.3 is 0 Å². The first-order valence-corrected chi connectivity index (χ1v) is 3.31. The maximum atomic E-state index is 4.09. The van der Waals surface area contributed by atoms with Gasteiger partial charge in [0.1, 0.15) is 0 Å². The predicted molar refractivity (Wildman–Crippen MR) is 41.2 cm³/mol. The SMILES string of the molecule is S[CH]Cc1ccccn1. The Hall–Kier alpha value is -0.500. The topological polar surface area (TPSA) is 12.9 Å². The van der Waals surface area contributed by atoms with E-state index in [1.807, 2.05) is 18.2 Å². The Bertz CT molecular complexity index is 162. The third-order valence-electron chi connectivity index (χ3n) is 1.03. The van der Waals surface area contributed by atoms with E-state index in [0.29, 0.717) is 0 Å². The predicted octanol–water partition coefficient (Wildman–Crippen LogP) is 1.72. The van der Waals surface area contributed by atoms with Crippen molar-refractivity contribution >= 4 is 12.6 Å². The van der Waals surface area contributed by atoms with Crippen molar-refractivity contribution in [3.05, 3.63) is 35.8 Å². The third-order valence-corrected chi connectivity index (χ3v) is 1.21. The highest BCUT2D eigenvalue weighted by molar-refractivity contribution is 7.82. The maximum absolute atomic E-state index is 4.09. The number of rotatable bonds is 2. The lowest BCUT2D eigenvalue weighted by Crippen LogP contribution is -1.84. The Labute approximate surface area is 60.5 Å². The quantitative estimate of drug-likeness (QED) is 0.614. The summed E-state index contributed by atoms with van der Waals surface area (Å²) in [6, 6.07) is 5.86. The van der Waals surface area contributed by atoms with Crippen LogP contribution in [0.2, 0.25) is 0 Å². The van der Waals surface area contributed by atoms with Crippen molar-refractivity contribution in [3.8, 4) is 0 Å². The molecule has 1 nitrogen and oxygen atoms in total. The van der Waals surface area contributed by atoms with Crippen LogP contribution in [0.5, 0.6) is 0 Å². The maximum Gasteiger partial charge on any atom is 0.0414 e. The molecule has 1 heterocycles. The van der Waals surface area contributed by atoms with Gasteiger partial charge in [0.25, 0.3) is 0 Å². The van der Waals surface area contributed by atoms with Gasteiger partial charge in [-0.3, -0.25) is 4.98 Å². The lowest BCUT2D eigenvalue weighted by Gasteiger charge is -1.92. The lowest BCUT2D eigenvalue weighted by molar-refractivity contribution is 1.10. The molecule has 47 valence electrons. The number of hydrogen-bond donors (Lipinski definition) is 1. The van der Waals surface area contributed by atoms with Gasteiger partial charge in [0, 0.05) is 24.1 Å². The summed E-state index contributed by atoms with van der Waals surface area (Å²) in [5.41, 5.74) is 1.06. The Balaban J connectivity index is 2.61. The summed E-state index contributed by atoms with van der Waals surface area (Å²) in [5.74, 6) is 1.79. The average molecular weight is 138 g/mol. The van der Waals surface area contributed by atoms with E-state index in [-0.39, 0.29) is 0 Å². The van der Waals surface area contributed by atoms with Crippen LogP contribution in [0, 0.1) is 5.75 Å². The molecule has 0 fully saturated rings. The van der Waals surface area contributed by atoms with Gasteiger partial charge in [0.2, 0.25) is 0 Å². The molecular weight excluding hydrogens is 130 g/mol. The molecule has 1 aromatic rings. The fourth-order valence-electron chi connectivity index (χ4n) is 0.612. The van der Waals surface area contributed by atoms with Gasteiger partial charge in [-0.25, -0.2) is 0 Å². The molecule has 0 unspecified atom stereocenters. The van der Waals surface area contributed by atoms with E-state index in [1.54, 1.807) is 11.9 Å². The first-order valence-electron chi connectivity index (χ1n) is 2.79. The summed E-state index contributed by atoms with van der Waals surface area (Å²) in [6.07, 6.45) is 2.62. The molecule has 1 radical (unpaired) electrons. The summed E-state index contributed by atoms with van der Waals surface area (Å²) in [6.45, 7) is 0. The molecule has 1 aromatic heterocycles. The molecule has 0 spiro atoms. The highest BCUT2D eigenvalue weighted by atomic mass is 32.1. The number of nitrogens with zero attached hydrogens (tertiary/aromatic N) is 1. The summed E-state index contributed by atoms with van der Waals surface area (Å²) in [5, 5.41) is 0. The first-order chi connectivity index (χ1) is 4.43. The second-order valence-corrected chi connectivity index (χ2v) is 2.07. The molecule has 0 atom stereocenters. The van der Waals surface area contributed by atoms with Gasteiger partial charge in [-0.05, 0) is 12.1 Å². The van der Waals surface area contributed by atoms with Crippen LogP contribution >= 0.6 is 12.6 Å². The number of thiol groups is 1. The minimum atomic E-state index is 0.837. The molecule has 0 saturated carbocycles. The zero-order valence-corrected chi connectivity index (χ0v) is 5.88. The van der Waals surface area contributed by atoms with Crippen molar-refractivity contribution in [1.82, 2.24) is 4.98 Å². The first kappa shape index (κ1) is 6.62. The fourth-order valence-corrected chi connectivity index (χ4v) is 0.799. The van der Waals surface area contributed by atoms with Crippen LogP contribution in [-0.4, -0.2) is 4.98 Å². The van der Waals surface area contributed by atoms with Crippen molar-refractivity contribution < 1.29 is 0 Å². The molecule has 0 bridgehead atoms. The Morgan fingerprint density at radius 3 is 3.00 bits per heavy atom. The molecule has 0 aliphatic heterocycles. The summed E-state index contributed by atoms with van der Waals surface area (Å²) < 4.78 is 0. The largest absolute Gasteiger partial charge is 0.261 e. The van der Waals surface area contributed by atoms with Crippen molar-refractivity contribution in [2.24, 2.45) is 0 Å². The van der Waals surface area contributed by atoms with Crippen LogP contribution in [0.15, 0.2) is 24.4 Å². The van der Waals surface area contributed by atoms with E-state index < -0.39 is 0 Å². The molecule has 2 heteroatoms. The number of aromatic nitrogens is 1. The lowest BCUT2D eigenvalue weighted by atomic mass is 10.3. The Morgan fingerprint density at radius 2 is 2.44 bits per heavy atom.